The molecule has 1 aromatic rings. The maximum atomic E-state index is 6.39. The standard InChI is InChI=1S/C18H29ClN2/c1-3-12-20-18(16-7-5-6-8-17(16)19)11-13-21(4-2)14-15-9-10-15/h5-8,15,18,20H,3-4,9-14H2,1-2H3. The molecule has 1 unspecified atom stereocenters. The highest BCUT2D eigenvalue weighted by molar-refractivity contribution is 6.31. The Hall–Kier alpha value is -0.570. The van der Waals surface area contributed by atoms with Crippen molar-refractivity contribution in [3.8, 4) is 0 Å². The van der Waals surface area contributed by atoms with Crippen LogP contribution in [-0.2, 0) is 0 Å². The lowest BCUT2D eigenvalue weighted by Crippen LogP contribution is -2.31. The molecule has 2 nitrogen and oxygen atoms in total. The SMILES string of the molecule is CCCNC(CCN(CC)CC1CC1)c1ccccc1Cl. The lowest BCUT2D eigenvalue weighted by atomic mass is 10.0. The highest BCUT2D eigenvalue weighted by Gasteiger charge is 2.24. The van der Waals surface area contributed by atoms with E-state index >= 15 is 0 Å². The van der Waals surface area contributed by atoms with E-state index in [9.17, 15) is 0 Å². The van der Waals surface area contributed by atoms with Crippen LogP contribution < -0.4 is 5.32 Å². The summed E-state index contributed by atoms with van der Waals surface area (Å²) in [6.07, 6.45) is 5.14. The molecule has 2 rings (SSSR count). The molecular weight excluding hydrogens is 280 g/mol. The molecule has 1 N–H and O–H groups in total. The molecule has 1 fully saturated rings. The van der Waals surface area contributed by atoms with Crippen LogP contribution in [0.4, 0.5) is 0 Å². The number of nitrogens with zero attached hydrogens (tertiary/aromatic N) is 1. The van der Waals surface area contributed by atoms with Crippen molar-refractivity contribution < 1.29 is 0 Å². The van der Waals surface area contributed by atoms with Gasteiger partial charge in [0.25, 0.3) is 0 Å². The van der Waals surface area contributed by atoms with Crippen LogP contribution in [0.25, 0.3) is 0 Å². The van der Waals surface area contributed by atoms with E-state index in [0.717, 1.165) is 43.4 Å². The maximum absolute atomic E-state index is 6.39. The summed E-state index contributed by atoms with van der Waals surface area (Å²) >= 11 is 6.39. The minimum Gasteiger partial charge on any atom is -0.310 e. The average Bonchev–Trinajstić information content (AvgIpc) is 3.31. The Bertz CT molecular complexity index is 417. The molecule has 0 radical (unpaired) electrons. The predicted molar refractivity (Wildman–Crippen MR) is 91.9 cm³/mol. The van der Waals surface area contributed by atoms with Gasteiger partial charge >= 0.3 is 0 Å². The number of benzene rings is 1. The molecule has 0 aromatic heterocycles. The van der Waals surface area contributed by atoms with Crippen molar-refractivity contribution in [1.82, 2.24) is 10.2 Å². The number of hydrogen-bond donors (Lipinski definition) is 1. The normalized spacial score (nSPS) is 16.4. The van der Waals surface area contributed by atoms with Gasteiger partial charge < -0.3 is 10.2 Å². The Morgan fingerprint density at radius 3 is 2.67 bits per heavy atom. The fourth-order valence-electron chi connectivity index (χ4n) is 2.80. The summed E-state index contributed by atoms with van der Waals surface area (Å²) in [4.78, 5) is 2.59. The highest BCUT2D eigenvalue weighted by Crippen LogP contribution is 2.30. The molecule has 1 aliphatic rings. The quantitative estimate of drug-likeness (QED) is 0.684. The molecule has 1 aromatic carbocycles. The molecule has 3 heteroatoms. The topological polar surface area (TPSA) is 15.3 Å². The second-order valence-electron chi connectivity index (χ2n) is 6.15. The van der Waals surface area contributed by atoms with Gasteiger partial charge in [-0.3, -0.25) is 0 Å². The first kappa shape index (κ1) is 16.8. The van der Waals surface area contributed by atoms with Crippen molar-refractivity contribution in [1.29, 1.82) is 0 Å². The second kappa shape index (κ2) is 8.77. The van der Waals surface area contributed by atoms with Gasteiger partial charge in [-0.2, -0.15) is 0 Å². The Morgan fingerprint density at radius 2 is 2.05 bits per heavy atom. The molecule has 0 heterocycles. The zero-order valence-electron chi connectivity index (χ0n) is 13.4. The fourth-order valence-corrected chi connectivity index (χ4v) is 3.07. The summed E-state index contributed by atoms with van der Waals surface area (Å²) in [6.45, 7) is 9.11. The lowest BCUT2D eigenvalue weighted by molar-refractivity contribution is 0.259. The van der Waals surface area contributed by atoms with E-state index in [1.807, 2.05) is 12.1 Å². The van der Waals surface area contributed by atoms with E-state index in [4.69, 9.17) is 11.6 Å². The minimum atomic E-state index is 0.368. The second-order valence-corrected chi connectivity index (χ2v) is 6.56. The van der Waals surface area contributed by atoms with E-state index in [1.54, 1.807) is 0 Å². The molecule has 0 spiro atoms. The van der Waals surface area contributed by atoms with Gasteiger partial charge in [0.05, 0.1) is 0 Å². The van der Waals surface area contributed by atoms with Gasteiger partial charge in [0.2, 0.25) is 0 Å². The van der Waals surface area contributed by atoms with Crippen LogP contribution >= 0.6 is 11.6 Å². The van der Waals surface area contributed by atoms with E-state index < -0.39 is 0 Å². The van der Waals surface area contributed by atoms with Crippen molar-refractivity contribution in [3.05, 3.63) is 34.9 Å². The van der Waals surface area contributed by atoms with E-state index in [0.29, 0.717) is 6.04 Å². The predicted octanol–water partition coefficient (Wildman–Crippen LogP) is 4.50. The summed E-state index contributed by atoms with van der Waals surface area (Å²) in [5.74, 6) is 0.965. The Morgan fingerprint density at radius 1 is 1.29 bits per heavy atom. The molecule has 0 bridgehead atoms. The van der Waals surface area contributed by atoms with Gasteiger partial charge in [-0.25, -0.2) is 0 Å². The van der Waals surface area contributed by atoms with E-state index in [1.165, 1.54) is 24.9 Å². The smallest absolute Gasteiger partial charge is 0.0453 e. The monoisotopic (exact) mass is 308 g/mol. The van der Waals surface area contributed by atoms with Crippen LogP contribution in [0.1, 0.15) is 51.1 Å². The first-order valence-corrected chi connectivity index (χ1v) is 8.82. The molecule has 0 aliphatic heterocycles. The van der Waals surface area contributed by atoms with Crippen LogP contribution in [0.5, 0.6) is 0 Å². The lowest BCUT2D eigenvalue weighted by Gasteiger charge is -2.25. The highest BCUT2D eigenvalue weighted by atomic mass is 35.5. The van der Waals surface area contributed by atoms with Crippen LogP contribution in [0, 0.1) is 5.92 Å². The van der Waals surface area contributed by atoms with Crippen LogP contribution in [-0.4, -0.2) is 31.1 Å². The number of halogens is 1. The van der Waals surface area contributed by atoms with Crippen LogP contribution in [0.3, 0.4) is 0 Å². The van der Waals surface area contributed by atoms with Crippen LogP contribution in [0.15, 0.2) is 24.3 Å². The summed E-state index contributed by atoms with van der Waals surface area (Å²) < 4.78 is 0. The Labute approximate surface area is 134 Å². The zero-order chi connectivity index (χ0) is 15.1. The molecule has 1 saturated carbocycles. The van der Waals surface area contributed by atoms with Crippen LogP contribution in [0.2, 0.25) is 5.02 Å². The summed E-state index contributed by atoms with van der Waals surface area (Å²) in [5.41, 5.74) is 1.25. The number of rotatable bonds is 10. The Kier molecular flexibility index (Phi) is 7.01. The third kappa shape index (κ3) is 5.61. The molecule has 1 atom stereocenters. The van der Waals surface area contributed by atoms with Crippen molar-refractivity contribution in [3.63, 3.8) is 0 Å². The molecule has 0 amide bonds. The summed E-state index contributed by atoms with van der Waals surface area (Å²) in [5, 5.41) is 4.55. The first-order valence-electron chi connectivity index (χ1n) is 8.44. The van der Waals surface area contributed by atoms with Gasteiger partial charge in [-0.1, -0.05) is 43.6 Å². The van der Waals surface area contributed by atoms with Crippen molar-refractivity contribution in [2.24, 2.45) is 5.92 Å². The average molecular weight is 309 g/mol. The summed E-state index contributed by atoms with van der Waals surface area (Å²) in [6, 6.07) is 8.62. The Balaban J connectivity index is 1.93. The van der Waals surface area contributed by atoms with Gasteiger partial charge in [0.15, 0.2) is 0 Å². The minimum absolute atomic E-state index is 0.368. The maximum Gasteiger partial charge on any atom is 0.0453 e. The van der Waals surface area contributed by atoms with E-state index in [-0.39, 0.29) is 0 Å². The third-order valence-corrected chi connectivity index (χ3v) is 4.66. The number of hydrogen-bond acceptors (Lipinski definition) is 2. The van der Waals surface area contributed by atoms with Crippen molar-refractivity contribution in [2.45, 2.75) is 45.6 Å². The number of nitrogens with one attached hydrogen (secondary N) is 1. The van der Waals surface area contributed by atoms with Gasteiger partial charge in [0.1, 0.15) is 0 Å². The fraction of sp³-hybridized carbons (Fsp3) is 0.667. The third-order valence-electron chi connectivity index (χ3n) is 4.32. The first-order chi connectivity index (χ1) is 10.2. The molecule has 118 valence electrons. The van der Waals surface area contributed by atoms with Gasteiger partial charge in [-0.15, -0.1) is 0 Å². The van der Waals surface area contributed by atoms with E-state index in [2.05, 4.69) is 36.2 Å². The van der Waals surface area contributed by atoms with Crippen molar-refractivity contribution >= 4 is 11.6 Å². The molecule has 1 aliphatic carbocycles. The largest absolute Gasteiger partial charge is 0.310 e. The van der Waals surface area contributed by atoms with Gasteiger partial charge in [0, 0.05) is 17.6 Å². The molecule has 0 saturated heterocycles. The van der Waals surface area contributed by atoms with Crippen molar-refractivity contribution in [2.75, 3.05) is 26.2 Å². The molecule has 21 heavy (non-hydrogen) atoms. The summed E-state index contributed by atoms with van der Waals surface area (Å²) in [7, 11) is 0. The zero-order valence-corrected chi connectivity index (χ0v) is 14.2. The van der Waals surface area contributed by atoms with Gasteiger partial charge in [-0.05, 0) is 62.9 Å². The molecular formula is C18H29ClN2.